The molecule has 0 aromatic carbocycles. The Bertz CT molecular complexity index is 509. The SMILES string of the molecule is CC(n1cccn1)(n1cccn1)n1cccn1.[Cl][Mn][Cl]. The fourth-order valence-electron chi connectivity index (χ4n) is 1.87. The zero-order chi connectivity index (χ0) is 14.4. The Labute approximate surface area is 130 Å². The summed E-state index contributed by atoms with van der Waals surface area (Å²) < 4.78 is 5.44. The maximum atomic E-state index is 4.80. The first-order chi connectivity index (χ1) is 9.73. The third-order valence-corrected chi connectivity index (χ3v) is 2.82. The number of aromatic nitrogens is 6. The van der Waals surface area contributed by atoms with Crippen LogP contribution in [0.4, 0.5) is 0 Å². The quantitative estimate of drug-likeness (QED) is 0.679. The summed E-state index contributed by atoms with van der Waals surface area (Å²) in [6, 6.07) is 5.64. The van der Waals surface area contributed by atoms with Gasteiger partial charge in [0.05, 0.1) is 0 Å². The molecule has 0 aliphatic rings. The Morgan fingerprint density at radius 1 is 0.800 bits per heavy atom. The van der Waals surface area contributed by atoms with Crippen LogP contribution >= 0.6 is 20.2 Å². The molecule has 0 bridgehead atoms. The molecule has 107 valence electrons. The number of halogens is 2. The molecule has 3 aromatic heterocycles. The van der Waals surface area contributed by atoms with Crippen molar-refractivity contribution in [3.8, 4) is 0 Å². The van der Waals surface area contributed by atoms with Crippen molar-refractivity contribution in [2.24, 2.45) is 0 Å². The van der Waals surface area contributed by atoms with Gasteiger partial charge in [-0.15, -0.1) is 0 Å². The van der Waals surface area contributed by atoms with Crippen molar-refractivity contribution < 1.29 is 13.1 Å². The number of hydrogen-bond acceptors (Lipinski definition) is 3. The van der Waals surface area contributed by atoms with E-state index in [2.05, 4.69) is 15.3 Å². The van der Waals surface area contributed by atoms with Crippen LogP contribution in [-0.2, 0) is 18.9 Å². The topological polar surface area (TPSA) is 53.5 Å². The molecular weight excluding hydrogens is 342 g/mol. The average molecular weight is 354 g/mol. The van der Waals surface area contributed by atoms with Crippen LogP contribution in [0.3, 0.4) is 0 Å². The van der Waals surface area contributed by atoms with Gasteiger partial charge in [-0.05, 0) is 18.2 Å². The minimum atomic E-state index is -0.615. The molecule has 3 aromatic rings. The van der Waals surface area contributed by atoms with Crippen LogP contribution in [0.15, 0.2) is 55.4 Å². The zero-order valence-corrected chi connectivity index (χ0v) is 13.2. The fourth-order valence-corrected chi connectivity index (χ4v) is 1.87. The summed E-state index contributed by atoms with van der Waals surface area (Å²) in [5.74, 6) is -0.615. The van der Waals surface area contributed by atoms with Crippen molar-refractivity contribution in [1.29, 1.82) is 0 Å². The van der Waals surface area contributed by atoms with E-state index < -0.39 is 5.79 Å². The molecule has 0 saturated carbocycles. The van der Waals surface area contributed by atoms with Gasteiger partial charge < -0.3 is 0 Å². The van der Waals surface area contributed by atoms with Crippen molar-refractivity contribution in [2.45, 2.75) is 12.7 Å². The summed E-state index contributed by atoms with van der Waals surface area (Å²) in [4.78, 5) is 0. The van der Waals surface area contributed by atoms with E-state index in [-0.39, 0.29) is 13.1 Å². The fraction of sp³-hybridized carbons (Fsp3) is 0.182. The van der Waals surface area contributed by atoms with Gasteiger partial charge in [0.1, 0.15) is 0 Å². The Balaban J connectivity index is 0.000000452. The molecule has 3 rings (SSSR count). The summed E-state index contributed by atoms with van der Waals surface area (Å²) in [5, 5.41) is 12.9. The van der Waals surface area contributed by atoms with Crippen LogP contribution in [0.5, 0.6) is 0 Å². The van der Waals surface area contributed by atoms with Gasteiger partial charge in [0, 0.05) is 44.1 Å². The molecule has 0 aliphatic heterocycles. The summed E-state index contributed by atoms with van der Waals surface area (Å²) in [7, 11) is 9.59. The normalized spacial score (nSPS) is 10.9. The second kappa shape index (κ2) is 6.95. The van der Waals surface area contributed by atoms with Crippen molar-refractivity contribution >= 4 is 20.2 Å². The summed E-state index contributed by atoms with van der Waals surface area (Å²) >= 11 is 0.00694. The number of nitrogens with zero attached hydrogens (tertiary/aromatic N) is 6. The molecule has 9 heteroatoms. The van der Waals surface area contributed by atoms with Crippen LogP contribution < -0.4 is 0 Å². The summed E-state index contributed by atoms with van der Waals surface area (Å²) in [6.45, 7) is 2.00. The van der Waals surface area contributed by atoms with Gasteiger partial charge in [0.15, 0.2) is 0 Å². The van der Waals surface area contributed by atoms with Crippen molar-refractivity contribution in [1.82, 2.24) is 29.3 Å². The van der Waals surface area contributed by atoms with E-state index in [1.54, 1.807) is 18.6 Å². The van der Waals surface area contributed by atoms with Crippen molar-refractivity contribution in [2.75, 3.05) is 0 Å². The minimum absolute atomic E-state index is 0.00694. The molecule has 0 saturated heterocycles. The second-order valence-electron chi connectivity index (χ2n) is 3.88. The Kier molecular flexibility index (Phi) is 5.25. The first-order valence-corrected chi connectivity index (χ1v) is 8.85. The first kappa shape index (κ1) is 15.1. The molecule has 0 atom stereocenters. The third-order valence-electron chi connectivity index (χ3n) is 2.82. The maximum absolute atomic E-state index is 4.80. The van der Waals surface area contributed by atoms with E-state index in [0.29, 0.717) is 0 Å². The van der Waals surface area contributed by atoms with Crippen LogP contribution in [0.1, 0.15) is 6.92 Å². The Morgan fingerprint density at radius 2 is 1.10 bits per heavy atom. The molecule has 0 amide bonds. The van der Waals surface area contributed by atoms with E-state index in [4.69, 9.17) is 20.2 Å². The van der Waals surface area contributed by atoms with E-state index in [1.165, 1.54) is 0 Å². The van der Waals surface area contributed by atoms with Crippen LogP contribution in [-0.4, -0.2) is 29.3 Å². The third kappa shape index (κ3) is 2.91. The second-order valence-corrected chi connectivity index (χ2v) is 5.83. The number of rotatable bonds is 3. The average Bonchev–Trinajstić information content (AvgIpc) is 3.19. The van der Waals surface area contributed by atoms with Gasteiger partial charge in [0.25, 0.3) is 0 Å². The molecule has 0 fully saturated rings. The van der Waals surface area contributed by atoms with Gasteiger partial charge in [0.2, 0.25) is 5.79 Å². The molecule has 6 nitrogen and oxygen atoms in total. The predicted molar refractivity (Wildman–Crippen MR) is 72.8 cm³/mol. The van der Waals surface area contributed by atoms with Gasteiger partial charge >= 0.3 is 33.3 Å². The van der Waals surface area contributed by atoms with Crippen LogP contribution in [0, 0.1) is 0 Å². The standard InChI is InChI=1S/C11H12N6.2ClH.Mn/c1-11(15-8-2-5-12-15,16-9-3-6-13-16)17-10-4-7-14-17;;;/h2-10H,1H3;2*1H;/q;;;+2/p-2. The van der Waals surface area contributed by atoms with E-state index >= 15 is 0 Å². The van der Waals surface area contributed by atoms with Crippen LogP contribution in [0.2, 0.25) is 0 Å². The Hall–Kier alpha value is -1.27. The predicted octanol–water partition coefficient (Wildman–Crippen LogP) is 2.38. The first-order valence-electron chi connectivity index (χ1n) is 5.61. The molecule has 0 N–H and O–H groups in total. The molecule has 0 radical (unpaired) electrons. The molecule has 0 unspecified atom stereocenters. The van der Waals surface area contributed by atoms with Gasteiger partial charge in [-0.3, -0.25) is 0 Å². The summed E-state index contributed by atoms with van der Waals surface area (Å²) in [6.07, 6.45) is 10.9. The molecule has 20 heavy (non-hydrogen) atoms. The van der Waals surface area contributed by atoms with Gasteiger partial charge in [-0.2, -0.15) is 15.3 Å². The van der Waals surface area contributed by atoms with Crippen molar-refractivity contribution in [3.05, 3.63) is 55.4 Å². The van der Waals surface area contributed by atoms with Gasteiger partial charge in [-0.1, -0.05) is 0 Å². The van der Waals surface area contributed by atoms with Crippen molar-refractivity contribution in [3.63, 3.8) is 0 Å². The number of hydrogen-bond donors (Lipinski definition) is 0. The zero-order valence-electron chi connectivity index (χ0n) is 10.5. The monoisotopic (exact) mass is 353 g/mol. The Morgan fingerprint density at radius 3 is 1.30 bits per heavy atom. The van der Waals surface area contributed by atoms with E-state index in [1.807, 2.05) is 57.8 Å². The summed E-state index contributed by atoms with van der Waals surface area (Å²) in [5.41, 5.74) is 0. The van der Waals surface area contributed by atoms with Gasteiger partial charge in [-0.25, -0.2) is 14.0 Å². The molecular formula is C11H12Cl2MnN6. The molecule has 0 spiro atoms. The van der Waals surface area contributed by atoms with E-state index in [0.717, 1.165) is 0 Å². The molecule has 0 aliphatic carbocycles. The van der Waals surface area contributed by atoms with E-state index in [9.17, 15) is 0 Å². The van der Waals surface area contributed by atoms with Crippen LogP contribution in [0.25, 0.3) is 0 Å². The molecule has 3 heterocycles.